The lowest BCUT2D eigenvalue weighted by Crippen LogP contribution is -2.47. The van der Waals surface area contributed by atoms with Crippen molar-refractivity contribution < 1.29 is 9.59 Å². The van der Waals surface area contributed by atoms with Crippen LogP contribution in [0.25, 0.3) is 0 Å². The number of hydrogen-bond acceptors (Lipinski definition) is 4. The van der Waals surface area contributed by atoms with Gasteiger partial charge in [-0.25, -0.2) is 4.79 Å². The summed E-state index contributed by atoms with van der Waals surface area (Å²) in [4.78, 5) is 25.4. The Labute approximate surface area is 117 Å². The van der Waals surface area contributed by atoms with Crippen LogP contribution in [0.5, 0.6) is 0 Å². The molecule has 6 heteroatoms. The average Bonchev–Trinajstić information content (AvgIpc) is 2.66. The largest absolute Gasteiger partial charge is 0.338 e. The summed E-state index contributed by atoms with van der Waals surface area (Å²) in [5.74, 6) is -0.323. The molecular formula is C13H21N3O2S. The highest BCUT2D eigenvalue weighted by atomic mass is 32.1. The maximum absolute atomic E-state index is 11.7. The molecule has 19 heavy (non-hydrogen) atoms. The highest BCUT2D eigenvalue weighted by Crippen LogP contribution is 2.20. The number of hydrogen-bond donors (Lipinski definition) is 3. The molecule has 1 unspecified atom stereocenters. The maximum atomic E-state index is 11.7. The van der Waals surface area contributed by atoms with Crippen LogP contribution in [0, 0.1) is 13.8 Å². The molecule has 1 rings (SSSR count). The van der Waals surface area contributed by atoms with Crippen molar-refractivity contribution in [3.8, 4) is 0 Å². The molecule has 106 valence electrons. The first-order valence-electron chi connectivity index (χ1n) is 6.32. The molecule has 1 atom stereocenters. The van der Waals surface area contributed by atoms with Crippen LogP contribution in [0.4, 0.5) is 4.79 Å². The van der Waals surface area contributed by atoms with Crippen LogP contribution >= 0.6 is 11.3 Å². The zero-order valence-corrected chi connectivity index (χ0v) is 12.6. The topological polar surface area (TPSA) is 70.2 Å². The summed E-state index contributed by atoms with van der Waals surface area (Å²) in [5, 5.41) is 7.91. The lowest BCUT2D eigenvalue weighted by Gasteiger charge is -2.12. The Kier molecular flexibility index (Phi) is 5.98. The molecule has 0 fully saturated rings. The van der Waals surface area contributed by atoms with Crippen molar-refractivity contribution in [3.63, 3.8) is 0 Å². The van der Waals surface area contributed by atoms with Gasteiger partial charge >= 0.3 is 6.03 Å². The molecular weight excluding hydrogens is 262 g/mol. The summed E-state index contributed by atoms with van der Waals surface area (Å²) < 4.78 is 0. The van der Waals surface area contributed by atoms with Gasteiger partial charge in [0.1, 0.15) is 0 Å². The molecule has 0 aliphatic carbocycles. The van der Waals surface area contributed by atoms with Gasteiger partial charge in [-0.1, -0.05) is 0 Å². The zero-order valence-electron chi connectivity index (χ0n) is 11.8. The van der Waals surface area contributed by atoms with Gasteiger partial charge < -0.3 is 10.6 Å². The molecule has 0 saturated heterocycles. The molecule has 0 aliphatic heterocycles. The van der Waals surface area contributed by atoms with Gasteiger partial charge in [-0.05, 0) is 39.3 Å². The van der Waals surface area contributed by atoms with Crippen molar-refractivity contribution >= 4 is 23.3 Å². The Bertz CT molecular complexity index is 437. The second kappa shape index (κ2) is 7.25. The summed E-state index contributed by atoms with van der Waals surface area (Å²) in [5.41, 5.74) is 1.27. The molecule has 1 aromatic rings. The van der Waals surface area contributed by atoms with Gasteiger partial charge in [0, 0.05) is 22.8 Å². The molecule has 3 N–H and O–H groups in total. The van der Waals surface area contributed by atoms with E-state index in [0.29, 0.717) is 13.1 Å². The second-order valence-electron chi connectivity index (χ2n) is 4.40. The Morgan fingerprint density at radius 2 is 2.05 bits per heavy atom. The number of urea groups is 1. The lowest BCUT2D eigenvalue weighted by atomic mass is 10.2. The van der Waals surface area contributed by atoms with Gasteiger partial charge in [0.15, 0.2) is 0 Å². The fourth-order valence-corrected chi connectivity index (χ4v) is 2.51. The molecule has 0 aromatic carbocycles. The molecule has 0 bridgehead atoms. The lowest BCUT2D eigenvalue weighted by molar-refractivity contribution is -0.121. The van der Waals surface area contributed by atoms with Crippen molar-refractivity contribution in [1.82, 2.24) is 16.0 Å². The minimum Gasteiger partial charge on any atom is -0.338 e. The fraction of sp³-hybridized carbons (Fsp3) is 0.538. The van der Waals surface area contributed by atoms with Crippen LogP contribution in [0.15, 0.2) is 6.07 Å². The number of carbonyl (C=O) groups excluding carboxylic acids is 2. The fourth-order valence-electron chi connectivity index (χ4n) is 1.51. The normalized spacial score (nSPS) is 12.0. The van der Waals surface area contributed by atoms with Crippen LogP contribution in [0.3, 0.4) is 0 Å². The molecule has 5 nitrogen and oxygen atoms in total. The van der Waals surface area contributed by atoms with Gasteiger partial charge in [-0.2, -0.15) is 0 Å². The molecule has 0 radical (unpaired) electrons. The number of carbonyl (C=O) groups is 2. The average molecular weight is 283 g/mol. The van der Waals surface area contributed by atoms with Crippen LogP contribution in [-0.4, -0.2) is 24.5 Å². The minimum absolute atomic E-state index is 0.323. The molecule has 0 spiro atoms. The Hall–Kier alpha value is -1.40. The molecule has 1 heterocycles. The van der Waals surface area contributed by atoms with Crippen LogP contribution in [0.1, 0.15) is 29.2 Å². The van der Waals surface area contributed by atoms with E-state index in [1.54, 1.807) is 25.2 Å². The number of rotatable bonds is 5. The first-order valence-corrected chi connectivity index (χ1v) is 7.13. The Balaban J connectivity index is 2.40. The Morgan fingerprint density at radius 3 is 2.58 bits per heavy atom. The third kappa shape index (κ3) is 5.00. The molecule has 1 aromatic heterocycles. The Morgan fingerprint density at radius 1 is 1.37 bits per heavy atom. The third-order valence-electron chi connectivity index (χ3n) is 2.77. The van der Waals surface area contributed by atoms with Gasteiger partial charge in [0.25, 0.3) is 0 Å². The number of aryl methyl sites for hydroxylation is 2. The summed E-state index contributed by atoms with van der Waals surface area (Å²) in [6.45, 7) is 8.81. The van der Waals surface area contributed by atoms with Gasteiger partial charge in [0.05, 0.1) is 6.04 Å². The van der Waals surface area contributed by atoms with Crippen molar-refractivity contribution in [3.05, 3.63) is 21.4 Å². The van der Waals surface area contributed by atoms with Crippen molar-refractivity contribution in [2.24, 2.45) is 0 Å². The summed E-state index contributed by atoms with van der Waals surface area (Å²) in [6.07, 6.45) is 0. The van der Waals surface area contributed by atoms with E-state index in [4.69, 9.17) is 0 Å². The number of imide groups is 1. The first-order chi connectivity index (χ1) is 8.93. The molecule has 0 saturated carbocycles. The summed E-state index contributed by atoms with van der Waals surface area (Å²) in [6, 6.07) is 1.25. The van der Waals surface area contributed by atoms with Crippen molar-refractivity contribution in [2.45, 2.75) is 40.3 Å². The maximum Gasteiger partial charge on any atom is 0.321 e. The van der Waals surface area contributed by atoms with Crippen molar-refractivity contribution in [1.29, 1.82) is 0 Å². The minimum atomic E-state index is -0.455. The predicted molar refractivity (Wildman–Crippen MR) is 77.3 cm³/mol. The molecule has 0 aliphatic rings. The monoisotopic (exact) mass is 283 g/mol. The van der Waals surface area contributed by atoms with E-state index < -0.39 is 12.1 Å². The van der Waals surface area contributed by atoms with E-state index in [0.717, 1.165) is 0 Å². The van der Waals surface area contributed by atoms with Gasteiger partial charge in [-0.15, -0.1) is 11.3 Å². The second-order valence-corrected chi connectivity index (χ2v) is 5.74. The molecule has 3 amide bonds. The van der Waals surface area contributed by atoms with Gasteiger partial charge in [-0.3, -0.25) is 10.1 Å². The smallest absolute Gasteiger partial charge is 0.321 e. The highest BCUT2D eigenvalue weighted by Gasteiger charge is 2.15. The van der Waals surface area contributed by atoms with E-state index in [9.17, 15) is 9.59 Å². The van der Waals surface area contributed by atoms with Crippen molar-refractivity contribution in [2.75, 3.05) is 6.54 Å². The van der Waals surface area contributed by atoms with Crippen LogP contribution in [0.2, 0.25) is 0 Å². The highest BCUT2D eigenvalue weighted by molar-refractivity contribution is 7.12. The van der Waals surface area contributed by atoms with Crippen LogP contribution in [-0.2, 0) is 11.3 Å². The first kappa shape index (κ1) is 15.7. The van der Waals surface area contributed by atoms with Gasteiger partial charge in [0.2, 0.25) is 5.91 Å². The standard InChI is InChI=1S/C13H21N3O2S/c1-5-14-13(18)16-12(17)9(3)15-7-11-6-8(2)10(4)19-11/h6,9,15H,5,7H2,1-4H3,(H2,14,16,17,18). The van der Waals surface area contributed by atoms with E-state index in [1.807, 2.05) is 0 Å². The summed E-state index contributed by atoms with van der Waals surface area (Å²) in [7, 11) is 0. The van der Waals surface area contributed by atoms with Crippen LogP contribution < -0.4 is 16.0 Å². The van der Waals surface area contributed by atoms with E-state index >= 15 is 0 Å². The zero-order chi connectivity index (χ0) is 14.4. The summed E-state index contributed by atoms with van der Waals surface area (Å²) >= 11 is 1.72. The predicted octanol–water partition coefficient (Wildman–Crippen LogP) is 1.69. The number of amides is 3. The van der Waals surface area contributed by atoms with E-state index in [1.165, 1.54) is 15.3 Å². The quantitative estimate of drug-likeness (QED) is 0.770. The van der Waals surface area contributed by atoms with E-state index in [2.05, 4.69) is 35.9 Å². The number of thiophene rings is 1. The number of nitrogens with one attached hydrogen (secondary N) is 3. The van der Waals surface area contributed by atoms with E-state index in [-0.39, 0.29) is 5.91 Å². The third-order valence-corrected chi connectivity index (χ3v) is 3.92. The SMILES string of the molecule is CCNC(=O)NC(=O)C(C)NCc1cc(C)c(C)s1.